The Kier molecular flexibility index (Phi) is 3.86. The number of likely N-dealkylation sites (tertiary alicyclic amines) is 1. The molecule has 4 nitrogen and oxygen atoms in total. The number of hydrogen-bond donors (Lipinski definition) is 1. The average molecular weight is 282 g/mol. The number of aromatic nitrogens is 1. The van der Waals surface area contributed by atoms with Gasteiger partial charge in [0, 0.05) is 37.8 Å². The molecule has 1 aromatic carbocycles. The van der Waals surface area contributed by atoms with Gasteiger partial charge in [-0.3, -0.25) is 9.78 Å². The number of amides is 1. The highest BCUT2D eigenvalue weighted by Gasteiger charge is 2.31. The summed E-state index contributed by atoms with van der Waals surface area (Å²) in [7, 11) is 0. The van der Waals surface area contributed by atoms with E-state index in [1.165, 1.54) is 5.56 Å². The molecule has 4 heteroatoms. The minimum Gasteiger partial charge on any atom is -0.508 e. The first-order chi connectivity index (χ1) is 10.2. The number of aromatic hydroxyl groups is 1. The summed E-state index contributed by atoms with van der Waals surface area (Å²) in [5.74, 6) is 0.878. The molecule has 0 spiro atoms. The number of rotatable bonds is 4. The van der Waals surface area contributed by atoms with Gasteiger partial charge in [-0.05, 0) is 41.8 Å². The molecular formula is C17H18N2O2. The highest BCUT2D eigenvalue weighted by Crippen LogP contribution is 2.27. The number of nitrogens with zero attached hydrogens (tertiary/aromatic N) is 2. The van der Waals surface area contributed by atoms with E-state index in [2.05, 4.69) is 4.98 Å². The van der Waals surface area contributed by atoms with Gasteiger partial charge in [-0.15, -0.1) is 0 Å². The van der Waals surface area contributed by atoms with Crippen molar-refractivity contribution >= 4 is 5.91 Å². The predicted octanol–water partition coefficient (Wildman–Crippen LogP) is 2.35. The monoisotopic (exact) mass is 282 g/mol. The van der Waals surface area contributed by atoms with E-state index in [1.807, 2.05) is 23.1 Å². The topological polar surface area (TPSA) is 53.4 Å². The smallest absolute Gasteiger partial charge is 0.222 e. The number of hydrogen-bond acceptors (Lipinski definition) is 3. The van der Waals surface area contributed by atoms with E-state index in [-0.39, 0.29) is 11.7 Å². The molecule has 1 N–H and O–H groups in total. The van der Waals surface area contributed by atoms with Crippen LogP contribution in [0.1, 0.15) is 23.5 Å². The SMILES string of the molecule is O=C(CCc1cccc(O)c1)N1CC(c2ccncc2)C1. The van der Waals surface area contributed by atoms with Crippen LogP contribution in [0, 0.1) is 0 Å². The molecule has 3 rings (SSSR count). The lowest BCUT2D eigenvalue weighted by Gasteiger charge is -2.39. The van der Waals surface area contributed by atoms with Crippen molar-refractivity contribution in [1.82, 2.24) is 9.88 Å². The predicted molar refractivity (Wildman–Crippen MR) is 80.0 cm³/mol. The number of carbonyl (C=O) groups is 1. The molecule has 2 aromatic rings. The molecule has 1 aliphatic heterocycles. The molecule has 0 bridgehead atoms. The van der Waals surface area contributed by atoms with Crippen molar-refractivity contribution in [1.29, 1.82) is 0 Å². The van der Waals surface area contributed by atoms with Gasteiger partial charge in [0.2, 0.25) is 5.91 Å². The van der Waals surface area contributed by atoms with Crippen molar-refractivity contribution in [2.45, 2.75) is 18.8 Å². The third-order valence-corrected chi connectivity index (χ3v) is 3.95. The Hall–Kier alpha value is -2.36. The molecule has 0 aliphatic carbocycles. The Labute approximate surface area is 124 Å². The van der Waals surface area contributed by atoms with Gasteiger partial charge in [0.25, 0.3) is 0 Å². The van der Waals surface area contributed by atoms with Gasteiger partial charge < -0.3 is 10.0 Å². The van der Waals surface area contributed by atoms with E-state index in [1.54, 1.807) is 30.6 Å². The number of benzene rings is 1. The average Bonchev–Trinajstić information content (AvgIpc) is 2.45. The van der Waals surface area contributed by atoms with E-state index in [0.29, 0.717) is 18.8 Å². The second-order valence-corrected chi connectivity index (χ2v) is 5.45. The van der Waals surface area contributed by atoms with Crippen LogP contribution in [0.4, 0.5) is 0 Å². The van der Waals surface area contributed by atoms with Gasteiger partial charge in [0.15, 0.2) is 0 Å². The van der Waals surface area contributed by atoms with Gasteiger partial charge in [0.1, 0.15) is 5.75 Å². The fourth-order valence-corrected chi connectivity index (χ4v) is 2.65. The Morgan fingerprint density at radius 2 is 2.00 bits per heavy atom. The summed E-state index contributed by atoms with van der Waals surface area (Å²) in [6.45, 7) is 1.59. The quantitative estimate of drug-likeness (QED) is 0.936. The van der Waals surface area contributed by atoms with Gasteiger partial charge in [-0.2, -0.15) is 0 Å². The standard InChI is InChI=1S/C17H18N2O2/c20-16-3-1-2-13(10-16)4-5-17(21)19-11-15(12-19)14-6-8-18-9-7-14/h1-3,6-10,15,20H,4-5,11-12H2. The van der Waals surface area contributed by atoms with Crippen molar-refractivity contribution in [2.75, 3.05) is 13.1 Å². The molecule has 1 fully saturated rings. The minimum atomic E-state index is 0.184. The Bertz CT molecular complexity index is 622. The zero-order valence-corrected chi connectivity index (χ0v) is 11.8. The number of pyridine rings is 1. The highest BCUT2D eigenvalue weighted by molar-refractivity contribution is 5.77. The van der Waals surface area contributed by atoms with Crippen molar-refractivity contribution in [3.05, 3.63) is 59.9 Å². The number of phenols is 1. The highest BCUT2D eigenvalue weighted by atomic mass is 16.3. The maximum Gasteiger partial charge on any atom is 0.222 e. The molecule has 0 saturated carbocycles. The number of phenolic OH excluding ortho intramolecular Hbond substituents is 1. The van der Waals surface area contributed by atoms with Crippen LogP contribution in [0.15, 0.2) is 48.8 Å². The van der Waals surface area contributed by atoms with Crippen LogP contribution in [0.2, 0.25) is 0 Å². The molecule has 1 aliphatic rings. The molecule has 0 atom stereocenters. The third kappa shape index (κ3) is 3.21. The lowest BCUT2D eigenvalue weighted by Crippen LogP contribution is -2.48. The fraction of sp³-hybridized carbons (Fsp3) is 0.294. The zero-order valence-electron chi connectivity index (χ0n) is 11.8. The van der Waals surface area contributed by atoms with Crippen LogP contribution in [0.3, 0.4) is 0 Å². The molecule has 1 aromatic heterocycles. The summed E-state index contributed by atoms with van der Waals surface area (Å²) in [4.78, 5) is 18.0. The first-order valence-electron chi connectivity index (χ1n) is 7.18. The Morgan fingerprint density at radius 1 is 1.24 bits per heavy atom. The first kappa shape index (κ1) is 13.6. The second kappa shape index (κ2) is 5.95. The summed E-state index contributed by atoms with van der Waals surface area (Å²) < 4.78 is 0. The Morgan fingerprint density at radius 3 is 2.71 bits per heavy atom. The fourth-order valence-electron chi connectivity index (χ4n) is 2.65. The summed E-state index contributed by atoms with van der Waals surface area (Å²) in [5.41, 5.74) is 2.25. The lowest BCUT2D eigenvalue weighted by atomic mass is 9.92. The van der Waals surface area contributed by atoms with Crippen LogP contribution < -0.4 is 0 Å². The van der Waals surface area contributed by atoms with Gasteiger partial charge in [-0.1, -0.05) is 12.1 Å². The maximum absolute atomic E-state index is 12.1. The van der Waals surface area contributed by atoms with Crippen molar-refractivity contribution in [3.63, 3.8) is 0 Å². The molecule has 1 saturated heterocycles. The van der Waals surface area contributed by atoms with E-state index < -0.39 is 0 Å². The van der Waals surface area contributed by atoms with Crippen LogP contribution in [0.25, 0.3) is 0 Å². The summed E-state index contributed by atoms with van der Waals surface area (Å²) in [6, 6.07) is 11.1. The summed E-state index contributed by atoms with van der Waals surface area (Å²) in [5, 5.41) is 9.41. The molecule has 0 unspecified atom stereocenters. The molecule has 0 radical (unpaired) electrons. The molecule has 21 heavy (non-hydrogen) atoms. The Balaban J connectivity index is 1.48. The zero-order chi connectivity index (χ0) is 14.7. The minimum absolute atomic E-state index is 0.184. The molecule has 2 heterocycles. The van der Waals surface area contributed by atoms with Crippen LogP contribution in [-0.2, 0) is 11.2 Å². The normalized spacial score (nSPS) is 14.8. The molecule has 1 amide bonds. The number of carbonyl (C=O) groups excluding carboxylic acids is 1. The summed E-state index contributed by atoms with van der Waals surface area (Å²) in [6.07, 6.45) is 4.75. The first-order valence-corrected chi connectivity index (χ1v) is 7.18. The maximum atomic E-state index is 12.1. The third-order valence-electron chi connectivity index (χ3n) is 3.95. The van der Waals surface area contributed by atoms with Crippen LogP contribution in [-0.4, -0.2) is 34.0 Å². The van der Waals surface area contributed by atoms with E-state index in [0.717, 1.165) is 18.7 Å². The lowest BCUT2D eigenvalue weighted by molar-refractivity contribution is -0.135. The van der Waals surface area contributed by atoms with Crippen molar-refractivity contribution in [3.8, 4) is 5.75 Å². The van der Waals surface area contributed by atoms with Crippen LogP contribution >= 0.6 is 0 Å². The van der Waals surface area contributed by atoms with E-state index in [4.69, 9.17) is 0 Å². The van der Waals surface area contributed by atoms with Crippen molar-refractivity contribution < 1.29 is 9.90 Å². The van der Waals surface area contributed by atoms with Crippen LogP contribution in [0.5, 0.6) is 5.75 Å². The second-order valence-electron chi connectivity index (χ2n) is 5.45. The number of aryl methyl sites for hydroxylation is 1. The van der Waals surface area contributed by atoms with Crippen molar-refractivity contribution in [2.24, 2.45) is 0 Å². The largest absolute Gasteiger partial charge is 0.508 e. The van der Waals surface area contributed by atoms with E-state index in [9.17, 15) is 9.90 Å². The van der Waals surface area contributed by atoms with Gasteiger partial charge in [0.05, 0.1) is 0 Å². The van der Waals surface area contributed by atoms with Gasteiger partial charge >= 0.3 is 0 Å². The molecular weight excluding hydrogens is 264 g/mol. The summed E-state index contributed by atoms with van der Waals surface area (Å²) >= 11 is 0. The molecule has 108 valence electrons. The van der Waals surface area contributed by atoms with E-state index >= 15 is 0 Å². The van der Waals surface area contributed by atoms with Gasteiger partial charge in [-0.25, -0.2) is 0 Å².